The van der Waals surface area contributed by atoms with Crippen molar-refractivity contribution in [1.29, 1.82) is 0 Å². The van der Waals surface area contributed by atoms with Crippen LogP contribution in [-0.4, -0.2) is 20.3 Å². The zero-order valence-electron chi connectivity index (χ0n) is 9.95. The Bertz CT molecular complexity index is 394. The molecule has 0 N–H and O–H groups in total. The molecule has 0 unspecified atom stereocenters. The van der Waals surface area contributed by atoms with Gasteiger partial charge in [-0.3, -0.25) is 0 Å². The average molecular weight is 218 g/mol. The first-order valence-electron chi connectivity index (χ1n) is 5.71. The monoisotopic (exact) mass is 218 g/mol. The van der Waals surface area contributed by atoms with Gasteiger partial charge in [-0.05, 0) is 30.5 Å². The molecular weight excluding hydrogens is 200 g/mol. The maximum Gasteiger partial charge on any atom is 0.111 e. The van der Waals surface area contributed by atoms with Crippen molar-refractivity contribution in [3.63, 3.8) is 0 Å². The van der Waals surface area contributed by atoms with Gasteiger partial charge in [-0.25, -0.2) is 0 Å². The average Bonchev–Trinajstić information content (AvgIpc) is 2.29. The van der Waals surface area contributed by atoms with E-state index in [1.54, 1.807) is 7.11 Å². The summed E-state index contributed by atoms with van der Waals surface area (Å²) in [5.41, 5.74) is 4.05. The first-order valence-corrected chi connectivity index (χ1v) is 5.71. The second-order valence-corrected chi connectivity index (χ2v) is 4.15. The van der Waals surface area contributed by atoms with Gasteiger partial charge in [-0.15, -0.1) is 0 Å². The largest absolute Gasteiger partial charge is 0.496 e. The van der Waals surface area contributed by atoms with Crippen LogP contribution in [0.3, 0.4) is 0 Å². The fourth-order valence-corrected chi connectivity index (χ4v) is 1.97. The Balaban J connectivity index is 2.06. The summed E-state index contributed by atoms with van der Waals surface area (Å²) in [4.78, 5) is 0. The van der Waals surface area contributed by atoms with E-state index in [1.165, 1.54) is 16.7 Å². The smallest absolute Gasteiger partial charge is 0.111 e. The highest BCUT2D eigenvalue weighted by molar-refractivity contribution is 5.58. The topological polar surface area (TPSA) is 18.5 Å². The van der Waals surface area contributed by atoms with Gasteiger partial charge < -0.3 is 9.47 Å². The lowest BCUT2D eigenvalue weighted by Gasteiger charge is -2.17. The van der Waals surface area contributed by atoms with Gasteiger partial charge in [0, 0.05) is 13.5 Å². The molecule has 16 heavy (non-hydrogen) atoms. The van der Waals surface area contributed by atoms with E-state index < -0.39 is 0 Å². The maximum atomic E-state index is 5.65. The van der Waals surface area contributed by atoms with Crippen molar-refractivity contribution in [3.8, 4) is 0 Å². The summed E-state index contributed by atoms with van der Waals surface area (Å²) in [6.07, 6.45) is 4.23. The molecule has 0 aliphatic heterocycles. The summed E-state index contributed by atoms with van der Waals surface area (Å²) in [6, 6.07) is 6.58. The molecule has 0 saturated heterocycles. The Hall–Kier alpha value is -1.28. The van der Waals surface area contributed by atoms with E-state index in [0.717, 1.165) is 18.6 Å². The summed E-state index contributed by atoms with van der Waals surface area (Å²) in [7, 11) is 1.69. The van der Waals surface area contributed by atoms with E-state index in [4.69, 9.17) is 9.47 Å². The molecule has 0 aromatic heterocycles. The molecular formula is C14H18O2. The molecule has 0 fully saturated rings. The molecule has 1 aliphatic rings. The molecule has 0 heterocycles. The molecule has 0 bridgehead atoms. The molecule has 2 nitrogen and oxygen atoms in total. The minimum absolute atomic E-state index is 0.642. The number of ether oxygens (including phenoxy) is 2. The normalized spacial score (nSPS) is 14.2. The van der Waals surface area contributed by atoms with Crippen LogP contribution in [0, 0.1) is 6.92 Å². The second kappa shape index (κ2) is 5.17. The summed E-state index contributed by atoms with van der Waals surface area (Å²) in [6.45, 7) is 3.43. The summed E-state index contributed by atoms with van der Waals surface area (Å²) in [5, 5.41) is 0. The number of allylic oxidation sites excluding steroid dienone is 1. The van der Waals surface area contributed by atoms with Gasteiger partial charge in [0.05, 0.1) is 12.4 Å². The molecule has 0 atom stereocenters. The third kappa shape index (κ3) is 2.64. The van der Waals surface area contributed by atoms with Crippen LogP contribution in [0.1, 0.15) is 23.1 Å². The lowest BCUT2D eigenvalue weighted by molar-refractivity contribution is 0.107. The van der Waals surface area contributed by atoms with Crippen LogP contribution < -0.4 is 0 Å². The van der Waals surface area contributed by atoms with Crippen LogP contribution in [0.2, 0.25) is 0 Å². The Labute approximate surface area is 96.9 Å². The molecule has 1 aliphatic carbocycles. The van der Waals surface area contributed by atoms with Crippen molar-refractivity contribution in [2.75, 3.05) is 20.3 Å². The highest BCUT2D eigenvalue weighted by atomic mass is 16.5. The third-order valence-corrected chi connectivity index (χ3v) is 2.83. The van der Waals surface area contributed by atoms with Gasteiger partial charge in [0.2, 0.25) is 0 Å². The zero-order chi connectivity index (χ0) is 11.4. The van der Waals surface area contributed by atoms with Crippen LogP contribution in [0.15, 0.2) is 24.0 Å². The Morgan fingerprint density at radius 2 is 2.06 bits per heavy atom. The first kappa shape index (κ1) is 11.2. The number of hydrogen-bond donors (Lipinski definition) is 0. The van der Waals surface area contributed by atoms with Crippen molar-refractivity contribution in [2.24, 2.45) is 0 Å². The van der Waals surface area contributed by atoms with Crippen molar-refractivity contribution in [3.05, 3.63) is 40.6 Å². The Kier molecular flexibility index (Phi) is 3.62. The summed E-state index contributed by atoms with van der Waals surface area (Å²) < 4.78 is 10.6. The lowest BCUT2D eigenvalue weighted by Crippen LogP contribution is -2.06. The molecule has 2 heteroatoms. The first-order chi connectivity index (χ1) is 7.79. The number of methoxy groups -OCH3 is 1. The van der Waals surface area contributed by atoms with E-state index >= 15 is 0 Å². The van der Waals surface area contributed by atoms with Crippen LogP contribution in [0.5, 0.6) is 0 Å². The van der Waals surface area contributed by atoms with Crippen molar-refractivity contribution >= 4 is 6.08 Å². The van der Waals surface area contributed by atoms with Crippen LogP contribution in [-0.2, 0) is 15.9 Å². The van der Waals surface area contributed by atoms with Crippen molar-refractivity contribution in [1.82, 2.24) is 0 Å². The summed E-state index contributed by atoms with van der Waals surface area (Å²) in [5.74, 6) is 1.08. The quantitative estimate of drug-likeness (QED) is 0.723. The molecule has 0 saturated carbocycles. The standard InChI is InChI=1S/C14H18O2/c1-11-3-4-13-10-14(16-8-7-15-2)6-5-12(13)9-11/h3-4,9-10H,5-8H2,1-2H3. The van der Waals surface area contributed by atoms with E-state index in [9.17, 15) is 0 Å². The van der Waals surface area contributed by atoms with Gasteiger partial charge in [0.1, 0.15) is 6.61 Å². The fourth-order valence-electron chi connectivity index (χ4n) is 1.97. The predicted octanol–water partition coefficient (Wildman–Crippen LogP) is 2.95. The summed E-state index contributed by atoms with van der Waals surface area (Å²) >= 11 is 0. The van der Waals surface area contributed by atoms with E-state index in [1.807, 2.05) is 0 Å². The van der Waals surface area contributed by atoms with Crippen LogP contribution in [0.4, 0.5) is 0 Å². The van der Waals surface area contributed by atoms with Crippen molar-refractivity contribution in [2.45, 2.75) is 19.8 Å². The number of hydrogen-bond acceptors (Lipinski definition) is 2. The maximum absolute atomic E-state index is 5.65. The number of benzene rings is 1. The third-order valence-electron chi connectivity index (χ3n) is 2.83. The number of rotatable bonds is 4. The molecule has 1 aromatic rings. The minimum atomic E-state index is 0.642. The van der Waals surface area contributed by atoms with E-state index in [2.05, 4.69) is 31.2 Å². The van der Waals surface area contributed by atoms with Gasteiger partial charge in [0.15, 0.2) is 0 Å². The van der Waals surface area contributed by atoms with Gasteiger partial charge in [-0.2, -0.15) is 0 Å². The van der Waals surface area contributed by atoms with E-state index in [-0.39, 0.29) is 0 Å². The zero-order valence-corrected chi connectivity index (χ0v) is 9.95. The second-order valence-electron chi connectivity index (χ2n) is 4.15. The molecule has 0 spiro atoms. The molecule has 2 rings (SSSR count). The molecule has 0 amide bonds. The molecule has 86 valence electrons. The van der Waals surface area contributed by atoms with E-state index in [0.29, 0.717) is 13.2 Å². The lowest BCUT2D eigenvalue weighted by atomic mass is 9.95. The molecule has 0 radical (unpaired) electrons. The Morgan fingerprint density at radius 1 is 1.19 bits per heavy atom. The highest BCUT2D eigenvalue weighted by Crippen LogP contribution is 2.25. The SMILES string of the molecule is COCCOC1=Cc2ccc(C)cc2CC1. The van der Waals surface area contributed by atoms with Gasteiger partial charge in [-0.1, -0.05) is 23.8 Å². The van der Waals surface area contributed by atoms with Crippen molar-refractivity contribution < 1.29 is 9.47 Å². The van der Waals surface area contributed by atoms with Gasteiger partial charge >= 0.3 is 0 Å². The van der Waals surface area contributed by atoms with Gasteiger partial charge in [0.25, 0.3) is 0 Å². The van der Waals surface area contributed by atoms with Crippen LogP contribution >= 0.6 is 0 Å². The highest BCUT2D eigenvalue weighted by Gasteiger charge is 2.10. The molecule has 1 aromatic carbocycles. The fraction of sp³-hybridized carbons (Fsp3) is 0.429. The minimum Gasteiger partial charge on any atom is -0.496 e. The Morgan fingerprint density at radius 3 is 2.88 bits per heavy atom. The number of fused-ring (bicyclic) bond motifs is 1. The van der Waals surface area contributed by atoms with Crippen LogP contribution in [0.25, 0.3) is 6.08 Å². The predicted molar refractivity (Wildman–Crippen MR) is 65.3 cm³/mol. The number of aryl methyl sites for hydroxylation is 2.